The van der Waals surface area contributed by atoms with E-state index in [-0.39, 0.29) is 24.0 Å². The molecule has 1 fully saturated rings. The number of likely N-dealkylation sites (N-methyl/N-ethyl adjacent to an activating group) is 1. The van der Waals surface area contributed by atoms with Crippen molar-refractivity contribution in [2.45, 2.75) is 27.2 Å². The third kappa shape index (κ3) is 6.79. The van der Waals surface area contributed by atoms with Crippen LogP contribution in [0.5, 0.6) is 0 Å². The first-order valence-electron chi connectivity index (χ1n) is 7.20. The Morgan fingerprint density at radius 3 is 2.37 bits per heavy atom. The van der Waals surface area contributed by atoms with Gasteiger partial charge in [0.15, 0.2) is 5.96 Å². The summed E-state index contributed by atoms with van der Waals surface area (Å²) in [7, 11) is 4.03. The third-order valence-corrected chi connectivity index (χ3v) is 3.70. The summed E-state index contributed by atoms with van der Waals surface area (Å²) in [6, 6.07) is 0. The van der Waals surface area contributed by atoms with E-state index >= 15 is 0 Å². The Labute approximate surface area is 136 Å². The smallest absolute Gasteiger partial charge is 0.193 e. The fourth-order valence-corrected chi connectivity index (χ4v) is 2.68. The van der Waals surface area contributed by atoms with Gasteiger partial charge in [0.25, 0.3) is 0 Å². The normalized spacial score (nSPS) is 24.3. The molecular formula is C14H31IN4. The van der Waals surface area contributed by atoms with Crippen molar-refractivity contribution < 1.29 is 0 Å². The van der Waals surface area contributed by atoms with Gasteiger partial charge in [0, 0.05) is 33.2 Å². The van der Waals surface area contributed by atoms with Crippen LogP contribution in [-0.2, 0) is 0 Å². The zero-order valence-corrected chi connectivity index (χ0v) is 15.5. The first-order chi connectivity index (χ1) is 8.56. The van der Waals surface area contributed by atoms with E-state index in [1.54, 1.807) is 0 Å². The van der Waals surface area contributed by atoms with E-state index in [1.165, 1.54) is 6.42 Å². The molecule has 4 nitrogen and oxygen atoms in total. The first kappa shape index (κ1) is 19.0. The van der Waals surface area contributed by atoms with Gasteiger partial charge in [-0.1, -0.05) is 20.8 Å². The molecule has 2 unspecified atom stereocenters. The van der Waals surface area contributed by atoms with Crippen LogP contribution >= 0.6 is 24.0 Å². The number of likely N-dealkylation sites (tertiary alicyclic amines) is 1. The SMILES string of the molecule is CCN(C)CCNC(=NC)N1CC(C)CC(C)C1.I. The molecule has 1 heterocycles. The van der Waals surface area contributed by atoms with Gasteiger partial charge in [0.1, 0.15) is 0 Å². The molecule has 1 aliphatic heterocycles. The number of hydrogen-bond donors (Lipinski definition) is 1. The molecule has 0 amide bonds. The van der Waals surface area contributed by atoms with Crippen molar-refractivity contribution in [3.05, 3.63) is 0 Å². The van der Waals surface area contributed by atoms with Crippen molar-refractivity contribution in [3.63, 3.8) is 0 Å². The Bertz CT molecular complexity index is 260. The molecule has 114 valence electrons. The largest absolute Gasteiger partial charge is 0.355 e. The van der Waals surface area contributed by atoms with Gasteiger partial charge in [0.2, 0.25) is 0 Å². The monoisotopic (exact) mass is 382 g/mol. The van der Waals surface area contributed by atoms with Crippen LogP contribution in [0.25, 0.3) is 0 Å². The predicted molar refractivity (Wildman–Crippen MR) is 94.5 cm³/mol. The lowest BCUT2D eigenvalue weighted by atomic mass is 9.92. The number of nitrogens with zero attached hydrogens (tertiary/aromatic N) is 3. The second kappa shape index (κ2) is 9.80. The van der Waals surface area contributed by atoms with Crippen LogP contribution in [0.3, 0.4) is 0 Å². The summed E-state index contributed by atoms with van der Waals surface area (Å²) in [4.78, 5) is 9.13. The van der Waals surface area contributed by atoms with Gasteiger partial charge < -0.3 is 15.1 Å². The van der Waals surface area contributed by atoms with Crippen molar-refractivity contribution in [3.8, 4) is 0 Å². The summed E-state index contributed by atoms with van der Waals surface area (Å²) in [5.74, 6) is 2.61. The van der Waals surface area contributed by atoms with Crippen LogP contribution in [0.4, 0.5) is 0 Å². The Morgan fingerprint density at radius 1 is 1.32 bits per heavy atom. The molecule has 0 aliphatic carbocycles. The predicted octanol–water partition coefficient (Wildman–Crippen LogP) is 2.11. The summed E-state index contributed by atoms with van der Waals surface area (Å²) >= 11 is 0. The summed E-state index contributed by atoms with van der Waals surface area (Å²) in [6.45, 7) is 12.2. The molecule has 0 aromatic heterocycles. The fourth-order valence-electron chi connectivity index (χ4n) is 2.68. The first-order valence-corrected chi connectivity index (χ1v) is 7.20. The molecule has 2 atom stereocenters. The van der Waals surface area contributed by atoms with Crippen LogP contribution in [-0.4, -0.2) is 62.6 Å². The zero-order chi connectivity index (χ0) is 13.5. The van der Waals surface area contributed by atoms with Crippen molar-refractivity contribution in [1.29, 1.82) is 0 Å². The molecule has 0 aromatic rings. The maximum Gasteiger partial charge on any atom is 0.193 e. The molecule has 19 heavy (non-hydrogen) atoms. The lowest BCUT2D eigenvalue weighted by Crippen LogP contribution is -2.49. The Morgan fingerprint density at radius 2 is 1.89 bits per heavy atom. The van der Waals surface area contributed by atoms with Gasteiger partial charge in [-0.05, 0) is 31.8 Å². The number of guanidine groups is 1. The van der Waals surface area contributed by atoms with Crippen molar-refractivity contribution >= 4 is 29.9 Å². The highest BCUT2D eigenvalue weighted by Crippen LogP contribution is 2.20. The minimum atomic E-state index is 0. The average molecular weight is 382 g/mol. The van der Waals surface area contributed by atoms with Gasteiger partial charge in [-0.3, -0.25) is 4.99 Å². The molecule has 1 rings (SSSR count). The highest BCUT2D eigenvalue weighted by molar-refractivity contribution is 14.0. The van der Waals surface area contributed by atoms with Crippen molar-refractivity contribution in [2.24, 2.45) is 16.8 Å². The van der Waals surface area contributed by atoms with E-state index in [4.69, 9.17) is 0 Å². The fraction of sp³-hybridized carbons (Fsp3) is 0.929. The quantitative estimate of drug-likeness (QED) is 0.459. The third-order valence-electron chi connectivity index (χ3n) is 3.70. The van der Waals surface area contributed by atoms with E-state index in [0.717, 1.165) is 50.5 Å². The van der Waals surface area contributed by atoms with Gasteiger partial charge in [0.05, 0.1) is 0 Å². The zero-order valence-electron chi connectivity index (χ0n) is 13.1. The van der Waals surface area contributed by atoms with E-state index in [9.17, 15) is 0 Å². The molecule has 0 bridgehead atoms. The minimum absolute atomic E-state index is 0. The van der Waals surface area contributed by atoms with E-state index in [2.05, 4.69) is 47.9 Å². The Kier molecular flexibility index (Phi) is 9.78. The summed E-state index contributed by atoms with van der Waals surface area (Å²) < 4.78 is 0. The van der Waals surface area contributed by atoms with Gasteiger partial charge in [-0.2, -0.15) is 0 Å². The van der Waals surface area contributed by atoms with Crippen molar-refractivity contribution in [2.75, 3.05) is 46.8 Å². The van der Waals surface area contributed by atoms with Crippen molar-refractivity contribution in [1.82, 2.24) is 15.1 Å². The van der Waals surface area contributed by atoms with E-state index < -0.39 is 0 Å². The molecule has 0 radical (unpaired) electrons. The van der Waals surface area contributed by atoms with Gasteiger partial charge in [-0.15, -0.1) is 24.0 Å². The minimum Gasteiger partial charge on any atom is -0.355 e. The van der Waals surface area contributed by atoms with Crippen LogP contribution in [0.1, 0.15) is 27.2 Å². The molecule has 0 spiro atoms. The van der Waals surface area contributed by atoms with Crippen LogP contribution in [0.15, 0.2) is 4.99 Å². The summed E-state index contributed by atoms with van der Waals surface area (Å²) in [6.07, 6.45) is 1.34. The van der Waals surface area contributed by atoms with Crippen LogP contribution < -0.4 is 5.32 Å². The lowest BCUT2D eigenvalue weighted by Gasteiger charge is -2.37. The summed E-state index contributed by atoms with van der Waals surface area (Å²) in [5.41, 5.74) is 0. The molecule has 0 saturated carbocycles. The molecule has 5 heteroatoms. The topological polar surface area (TPSA) is 30.9 Å². The van der Waals surface area contributed by atoms with Gasteiger partial charge in [-0.25, -0.2) is 0 Å². The number of nitrogens with one attached hydrogen (secondary N) is 1. The van der Waals surface area contributed by atoms with Crippen LogP contribution in [0, 0.1) is 11.8 Å². The Hall–Kier alpha value is -0.0400. The van der Waals surface area contributed by atoms with Gasteiger partial charge >= 0.3 is 0 Å². The number of piperidine rings is 1. The number of aliphatic imine (C=N–C) groups is 1. The second-order valence-corrected chi connectivity index (χ2v) is 5.72. The number of rotatable bonds is 4. The average Bonchev–Trinajstić information content (AvgIpc) is 2.33. The lowest BCUT2D eigenvalue weighted by molar-refractivity contribution is 0.208. The summed E-state index contributed by atoms with van der Waals surface area (Å²) in [5, 5.41) is 3.48. The Balaban J connectivity index is 0.00000324. The highest BCUT2D eigenvalue weighted by Gasteiger charge is 2.23. The molecule has 1 saturated heterocycles. The standard InChI is InChI=1S/C14H30N4.HI/c1-6-17(5)8-7-16-14(15-4)18-10-12(2)9-13(3)11-18;/h12-13H,6-11H2,1-5H3,(H,15,16);1H. The maximum absolute atomic E-state index is 4.42. The molecule has 1 aliphatic rings. The van der Waals surface area contributed by atoms with E-state index in [0.29, 0.717) is 0 Å². The van der Waals surface area contributed by atoms with Crippen LogP contribution in [0.2, 0.25) is 0 Å². The highest BCUT2D eigenvalue weighted by atomic mass is 127. The second-order valence-electron chi connectivity index (χ2n) is 5.72. The molecule has 1 N–H and O–H groups in total. The number of halogens is 1. The van der Waals surface area contributed by atoms with E-state index in [1.807, 2.05) is 7.05 Å². The molecule has 0 aromatic carbocycles. The molecular weight excluding hydrogens is 351 g/mol. The maximum atomic E-state index is 4.42. The number of hydrogen-bond acceptors (Lipinski definition) is 2.